The van der Waals surface area contributed by atoms with Gasteiger partial charge in [0.25, 0.3) is 0 Å². The first-order valence-electron chi connectivity index (χ1n) is 9.69. The lowest BCUT2D eigenvalue weighted by molar-refractivity contribution is -0.152. The minimum Gasteiger partial charge on any atom is -0.458 e. The highest BCUT2D eigenvalue weighted by Gasteiger charge is 2.50. The summed E-state index contributed by atoms with van der Waals surface area (Å²) in [6.07, 6.45) is 2.62. The van der Waals surface area contributed by atoms with Crippen LogP contribution in [0.3, 0.4) is 0 Å². The van der Waals surface area contributed by atoms with E-state index in [2.05, 4.69) is 13.5 Å². The molecule has 26 heavy (non-hydrogen) atoms. The lowest BCUT2D eigenvalue weighted by Gasteiger charge is -2.37. The molecule has 1 saturated heterocycles. The van der Waals surface area contributed by atoms with Gasteiger partial charge in [0.05, 0.1) is 5.92 Å². The SMILES string of the molecule is C=C1C(=O)O[C@@H]2CC(C)=C([C@@H](C)CCCO)[C@@H](OC(=O)CC(C)CC)[C@H]12. The van der Waals surface area contributed by atoms with Gasteiger partial charge in [0, 0.05) is 25.0 Å². The van der Waals surface area contributed by atoms with Crippen LogP contribution in [0.1, 0.15) is 59.8 Å². The van der Waals surface area contributed by atoms with Gasteiger partial charge in [-0.15, -0.1) is 0 Å². The molecule has 1 unspecified atom stereocenters. The minimum absolute atomic E-state index is 0.134. The Kier molecular flexibility index (Phi) is 7.04. The van der Waals surface area contributed by atoms with Gasteiger partial charge in [-0.2, -0.15) is 0 Å². The van der Waals surface area contributed by atoms with Crippen molar-refractivity contribution in [3.8, 4) is 0 Å². The molecule has 2 aliphatic rings. The monoisotopic (exact) mass is 364 g/mol. The van der Waals surface area contributed by atoms with Crippen LogP contribution in [0, 0.1) is 17.8 Å². The van der Waals surface area contributed by atoms with Crippen molar-refractivity contribution in [2.75, 3.05) is 6.61 Å². The Hall–Kier alpha value is -1.62. The Balaban J connectivity index is 2.30. The summed E-state index contributed by atoms with van der Waals surface area (Å²) >= 11 is 0. The molecular weight excluding hydrogens is 332 g/mol. The van der Waals surface area contributed by atoms with E-state index in [0.717, 1.165) is 24.0 Å². The van der Waals surface area contributed by atoms with Crippen molar-refractivity contribution in [3.05, 3.63) is 23.3 Å². The fourth-order valence-corrected chi connectivity index (χ4v) is 4.06. The van der Waals surface area contributed by atoms with E-state index >= 15 is 0 Å². The second-order valence-electron chi connectivity index (χ2n) is 7.83. The van der Waals surface area contributed by atoms with Crippen molar-refractivity contribution in [3.63, 3.8) is 0 Å². The van der Waals surface area contributed by atoms with Gasteiger partial charge in [0.2, 0.25) is 0 Å². The molecule has 0 saturated carbocycles. The van der Waals surface area contributed by atoms with Gasteiger partial charge in [0.1, 0.15) is 12.2 Å². The number of carbonyl (C=O) groups is 2. The highest BCUT2D eigenvalue weighted by atomic mass is 16.6. The predicted octanol–water partition coefficient (Wildman–Crippen LogP) is 3.56. The van der Waals surface area contributed by atoms with Crippen LogP contribution in [-0.4, -0.2) is 35.9 Å². The van der Waals surface area contributed by atoms with E-state index in [1.165, 1.54) is 0 Å². The molecule has 1 heterocycles. The number of esters is 2. The Morgan fingerprint density at radius 2 is 2.12 bits per heavy atom. The molecule has 0 aromatic heterocycles. The van der Waals surface area contributed by atoms with Crippen molar-refractivity contribution in [2.45, 2.75) is 72.0 Å². The van der Waals surface area contributed by atoms with Gasteiger partial charge < -0.3 is 14.6 Å². The smallest absolute Gasteiger partial charge is 0.334 e. The maximum Gasteiger partial charge on any atom is 0.334 e. The zero-order chi connectivity index (χ0) is 19.4. The third-order valence-electron chi connectivity index (χ3n) is 5.75. The molecule has 1 N–H and O–H groups in total. The van der Waals surface area contributed by atoms with E-state index in [1.54, 1.807) is 0 Å². The first-order chi connectivity index (χ1) is 12.3. The molecule has 1 aliphatic carbocycles. The minimum atomic E-state index is -0.502. The molecule has 146 valence electrons. The van der Waals surface area contributed by atoms with Crippen LogP contribution < -0.4 is 0 Å². The zero-order valence-corrected chi connectivity index (χ0v) is 16.4. The Morgan fingerprint density at radius 1 is 1.42 bits per heavy atom. The number of carbonyl (C=O) groups excluding carboxylic acids is 2. The summed E-state index contributed by atoms with van der Waals surface area (Å²) in [5, 5.41) is 9.16. The Morgan fingerprint density at radius 3 is 2.73 bits per heavy atom. The zero-order valence-electron chi connectivity index (χ0n) is 16.4. The lowest BCUT2D eigenvalue weighted by atomic mass is 9.73. The quantitative estimate of drug-likeness (QED) is 0.405. The summed E-state index contributed by atoms with van der Waals surface area (Å²) in [7, 11) is 0. The van der Waals surface area contributed by atoms with Gasteiger partial charge in [-0.25, -0.2) is 4.79 Å². The summed E-state index contributed by atoms with van der Waals surface area (Å²) in [6.45, 7) is 12.2. The maximum atomic E-state index is 12.5. The molecular formula is C21H32O5. The Bertz CT molecular complexity index is 591. The molecule has 0 bridgehead atoms. The summed E-state index contributed by atoms with van der Waals surface area (Å²) < 4.78 is 11.4. The largest absolute Gasteiger partial charge is 0.458 e. The average Bonchev–Trinajstić information content (AvgIpc) is 2.86. The van der Waals surface area contributed by atoms with Crippen molar-refractivity contribution in [1.82, 2.24) is 0 Å². The summed E-state index contributed by atoms with van der Waals surface area (Å²) in [4.78, 5) is 24.5. The molecule has 0 radical (unpaired) electrons. The van der Waals surface area contributed by atoms with Gasteiger partial charge >= 0.3 is 11.9 Å². The molecule has 0 amide bonds. The van der Waals surface area contributed by atoms with E-state index in [4.69, 9.17) is 14.6 Å². The van der Waals surface area contributed by atoms with Crippen LogP contribution in [0.4, 0.5) is 0 Å². The normalized spacial score (nSPS) is 27.8. The van der Waals surface area contributed by atoms with Crippen LogP contribution in [0.25, 0.3) is 0 Å². The second-order valence-corrected chi connectivity index (χ2v) is 7.83. The summed E-state index contributed by atoms with van der Waals surface area (Å²) in [5.41, 5.74) is 2.58. The van der Waals surface area contributed by atoms with Crippen LogP contribution in [-0.2, 0) is 19.1 Å². The molecule has 5 heteroatoms. The maximum absolute atomic E-state index is 12.5. The number of hydrogen-bond acceptors (Lipinski definition) is 5. The van der Waals surface area contributed by atoms with Crippen LogP contribution in [0.5, 0.6) is 0 Å². The standard InChI is InChI=1S/C21H32O5/c1-6-12(2)10-17(23)26-20-18(13(3)8-7-9-22)14(4)11-16-19(20)15(5)21(24)25-16/h12-13,16,19-20,22H,5-11H2,1-4H3/t12?,13-,16+,19+,20+/m0/s1. The predicted molar refractivity (Wildman–Crippen MR) is 99.3 cm³/mol. The van der Waals surface area contributed by atoms with Gasteiger partial charge in [-0.3, -0.25) is 4.79 Å². The molecule has 0 aromatic carbocycles. The average molecular weight is 364 g/mol. The van der Waals surface area contributed by atoms with Crippen molar-refractivity contribution < 1.29 is 24.2 Å². The molecule has 2 rings (SSSR count). The van der Waals surface area contributed by atoms with Crippen molar-refractivity contribution in [2.24, 2.45) is 17.8 Å². The van der Waals surface area contributed by atoms with Gasteiger partial charge in [-0.1, -0.05) is 39.3 Å². The van der Waals surface area contributed by atoms with Crippen molar-refractivity contribution in [1.29, 1.82) is 0 Å². The number of hydrogen-bond donors (Lipinski definition) is 1. The summed E-state index contributed by atoms with van der Waals surface area (Å²) in [6, 6.07) is 0. The number of ether oxygens (including phenoxy) is 2. The van der Waals surface area contributed by atoms with Gasteiger partial charge in [0.15, 0.2) is 0 Å². The lowest BCUT2D eigenvalue weighted by Crippen LogP contribution is -2.41. The summed E-state index contributed by atoms with van der Waals surface area (Å²) in [5.74, 6) is -0.518. The highest BCUT2D eigenvalue weighted by Crippen LogP contribution is 2.45. The van der Waals surface area contributed by atoms with Crippen LogP contribution in [0.15, 0.2) is 23.3 Å². The third-order valence-corrected chi connectivity index (χ3v) is 5.75. The fourth-order valence-electron chi connectivity index (χ4n) is 4.06. The van der Waals surface area contributed by atoms with E-state index in [9.17, 15) is 9.59 Å². The Labute approximate surface area is 156 Å². The molecule has 1 aliphatic heterocycles. The molecule has 0 aromatic rings. The fraction of sp³-hybridized carbons (Fsp3) is 0.714. The number of aliphatic hydroxyl groups is 1. The number of fused-ring (bicyclic) bond motifs is 1. The van der Waals surface area contributed by atoms with Crippen molar-refractivity contribution >= 4 is 11.9 Å². The first kappa shape index (κ1) is 20.7. The van der Waals surface area contributed by atoms with Gasteiger partial charge in [-0.05, 0) is 37.2 Å². The third kappa shape index (κ3) is 4.37. The number of aliphatic hydroxyl groups excluding tert-OH is 1. The van der Waals surface area contributed by atoms with E-state index in [0.29, 0.717) is 24.8 Å². The molecule has 5 nitrogen and oxygen atoms in total. The highest BCUT2D eigenvalue weighted by molar-refractivity contribution is 5.91. The topological polar surface area (TPSA) is 72.8 Å². The first-order valence-corrected chi connectivity index (χ1v) is 9.69. The molecule has 5 atom stereocenters. The molecule has 0 spiro atoms. The van der Waals surface area contributed by atoms with E-state index in [1.807, 2.05) is 20.8 Å². The van der Waals surface area contributed by atoms with E-state index in [-0.39, 0.29) is 42.4 Å². The van der Waals surface area contributed by atoms with E-state index < -0.39 is 6.10 Å². The second kappa shape index (κ2) is 8.85. The van der Waals surface area contributed by atoms with Crippen LogP contribution in [0.2, 0.25) is 0 Å². The molecule has 1 fully saturated rings. The number of rotatable bonds is 8. The van der Waals surface area contributed by atoms with Crippen LogP contribution >= 0.6 is 0 Å².